The molecule has 3 aromatic rings. The molecule has 0 amide bonds. The third-order valence-electron chi connectivity index (χ3n) is 2.94. The summed E-state index contributed by atoms with van der Waals surface area (Å²) in [4.78, 5) is 15.6. The number of hydrogen-bond donors (Lipinski definition) is 3. The van der Waals surface area contributed by atoms with Crippen LogP contribution in [0.25, 0.3) is 20.8 Å². The van der Waals surface area contributed by atoms with Crippen LogP contribution in [0.15, 0.2) is 36.4 Å². The van der Waals surface area contributed by atoms with Gasteiger partial charge in [0, 0.05) is 16.9 Å². The first-order valence-corrected chi connectivity index (χ1v) is 6.65. The molecule has 0 bridgehead atoms. The van der Waals surface area contributed by atoms with E-state index in [4.69, 9.17) is 16.6 Å². The second kappa shape index (κ2) is 4.50. The first kappa shape index (κ1) is 12.4. The van der Waals surface area contributed by atoms with Crippen molar-refractivity contribution in [1.82, 2.24) is 4.98 Å². The monoisotopic (exact) mass is 285 g/mol. The Morgan fingerprint density at radius 3 is 2.70 bits per heavy atom. The molecule has 0 aliphatic rings. The van der Waals surface area contributed by atoms with Gasteiger partial charge in [0.25, 0.3) is 0 Å². The van der Waals surface area contributed by atoms with Gasteiger partial charge in [0.2, 0.25) is 0 Å². The standard InChI is InChI=1S/C14H11N3O2S/c15-8-2-4-12-11(6-8)17-13(20-12)7-1-3-10(16)9(5-7)14(18)19/h1-6H,15-16H2,(H,18,19). The summed E-state index contributed by atoms with van der Waals surface area (Å²) in [6.45, 7) is 0. The number of nitrogens with zero attached hydrogens (tertiary/aromatic N) is 1. The molecular weight excluding hydrogens is 274 g/mol. The minimum atomic E-state index is -1.05. The number of thiazole rings is 1. The largest absolute Gasteiger partial charge is 0.478 e. The number of carboxylic acids is 1. The topological polar surface area (TPSA) is 102 Å². The van der Waals surface area contributed by atoms with Crippen LogP contribution in [0, 0.1) is 0 Å². The zero-order valence-electron chi connectivity index (χ0n) is 10.3. The van der Waals surface area contributed by atoms with E-state index < -0.39 is 5.97 Å². The molecule has 100 valence electrons. The Morgan fingerprint density at radius 2 is 1.95 bits per heavy atom. The molecule has 0 fully saturated rings. The molecule has 5 N–H and O–H groups in total. The summed E-state index contributed by atoms with van der Waals surface area (Å²) < 4.78 is 1.00. The van der Waals surface area contributed by atoms with E-state index in [2.05, 4.69) is 4.98 Å². The molecule has 0 aliphatic heterocycles. The quantitative estimate of drug-likeness (QED) is 0.628. The van der Waals surface area contributed by atoms with Crippen molar-refractivity contribution in [2.24, 2.45) is 0 Å². The van der Waals surface area contributed by atoms with Gasteiger partial charge in [-0.05, 0) is 36.4 Å². The second-order valence-electron chi connectivity index (χ2n) is 4.35. The Labute approximate surface area is 118 Å². The molecule has 0 atom stereocenters. The molecule has 1 aromatic heterocycles. The van der Waals surface area contributed by atoms with E-state index in [1.807, 2.05) is 12.1 Å². The highest BCUT2D eigenvalue weighted by Crippen LogP contribution is 2.32. The van der Waals surface area contributed by atoms with Crippen LogP contribution in [0.2, 0.25) is 0 Å². The van der Waals surface area contributed by atoms with Crippen molar-refractivity contribution in [3.63, 3.8) is 0 Å². The average Bonchev–Trinajstić information content (AvgIpc) is 2.81. The lowest BCUT2D eigenvalue weighted by molar-refractivity contribution is 0.0698. The molecule has 2 aromatic carbocycles. The zero-order valence-corrected chi connectivity index (χ0v) is 11.1. The van der Waals surface area contributed by atoms with Crippen LogP contribution in [-0.2, 0) is 0 Å². The van der Waals surface area contributed by atoms with Gasteiger partial charge in [-0.1, -0.05) is 0 Å². The van der Waals surface area contributed by atoms with Gasteiger partial charge in [0.15, 0.2) is 0 Å². The Bertz CT molecular complexity index is 826. The summed E-state index contributed by atoms with van der Waals surface area (Å²) in [5.41, 5.74) is 13.9. The van der Waals surface area contributed by atoms with E-state index in [0.717, 1.165) is 20.8 Å². The van der Waals surface area contributed by atoms with Crippen molar-refractivity contribution in [2.75, 3.05) is 11.5 Å². The molecule has 6 heteroatoms. The van der Waals surface area contributed by atoms with Gasteiger partial charge < -0.3 is 16.6 Å². The van der Waals surface area contributed by atoms with Crippen LogP contribution in [0.1, 0.15) is 10.4 Å². The van der Waals surface area contributed by atoms with Gasteiger partial charge in [-0.25, -0.2) is 9.78 Å². The summed E-state index contributed by atoms with van der Waals surface area (Å²) >= 11 is 1.48. The van der Waals surface area contributed by atoms with Crippen molar-refractivity contribution < 1.29 is 9.90 Å². The number of anilines is 2. The summed E-state index contributed by atoms with van der Waals surface area (Å²) in [6, 6.07) is 10.4. The van der Waals surface area contributed by atoms with Crippen LogP contribution < -0.4 is 11.5 Å². The van der Waals surface area contributed by atoms with Crippen LogP contribution >= 0.6 is 11.3 Å². The number of benzene rings is 2. The number of carboxylic acid groups (broad SMARTS) is 1. The molecule has 0 unspecified atom stereocenters. The third-order valence-corrected chi connectivity index (χ3v) is 4.03. The highest BCUT2D eigenvalue weighted by molar-refractivity contribution is 7.21. The lowest BCUT2D eigenvalue weighted by Gasteiger charge is -2.02. The van der Waals surface area contributed by atoms with Crippen LogP contribution in [0.3, 0.4) is 0 Å². The fourth-order valence-corrected chi connectivity index (χ4v) is 2.88. The Balaban J connectivity index is 2.15. The van der Waals surface area contributed by atoms with Crippen molar-refractivity contribution in [1.29, 1.82) is 0 Å². The van der Waals surface area contributed by atoms with E-state index in [0.29, 0.717) is 5.69 Å². The highest BCUT2D eigenvalue weighted by atomic mass is 32.1. The molecule has 5 nitrogen and oxygen atoms in total. The Kier molecular flexibility index (Phi) is 2.80. The number of aromatic nitrogens is 1. The van der Waals surface area contributed by atoms with Gasteiger partial charge in [-0.2, -0.15) is 0 Å². The van der Waals surface area contributed by atoms with Gasteiger partial charge in [0.1, 0.15) is 5.01 Å². The number of aromatic carboxylic acids is 1. The van der Waals surface area contributed by atoms with E-state index in [1.165, 1.54) is 11.3 Å². The molecule has 0 radical (unpaired) electrons. The third kappa shape index (κ3) is 2.06. The van der Waals surface area contributed by atoms with Crippen LogP contribution in [-0.4, -0.2) is 16.1 Å². The van der Waals surface area contributed by atoms with Gasteiger partial charge in [-0.15, -0.1) is 11.3 Å². The minimum Gasteiger partial charge on any atom is -0.478 e. The van der Waals surface area contributed by atoms with Gasteiger partial charge in [-0.3, -0.25) is 0 Å². The van der Waals surface area contributed by atoms with Gasteiger partial charge in [0.05, 0.1) is 15.8 Å². The number of nitrogen functional groups attached to an aromatic ring is 2. The number of rotatable bonds is 2. The summed E-state index contributed by atoms with van der Waals surface area (Å²) in [7, 11) is 0. The smallest absolute Gasteiger partial charge is 0.337 e. The average molecular weight is 285 g/mol. The molecular formula is C14H11N3O2S. The fraction of sp³-hybridized carbons (Fsp3) is 0. The molecule has 0 aliphatic carbocycles. The van der Waals surface area contributed by atoms with Gasteiger partial charge >= 0.3 is 5.97 Å². The van der Waals surface area contributed by atoms with E-state index in [1.54, 1.807) is 24.3 Å². The molecule has 20 heavy (non-hydrogen) atoms. The maximum absolute atomic E-state index is 11.1. The second-order valence-corrected chi connectivity index (χ2v) is 5.38. The first-order chi connectivity index (χ1) is 9.54. The highest BCUT2D eigenvalue weighted by Gasteiger charge is 2.12. The van der Waals surface area contributed by atoms with Crippen LogP contribution in [0.4, 0.5) is 11.4 Å². The predicted molar refractivity (Wildman–Crippen MR) is 80.8 cm³/mol. The normalized spacial score (nSPS) is 10.8. The Hall–Kier alpha value is -2.60. The van der Waals surface area contributed by atoms with E-state index >= 15 is 0 Å². The molecule has 1 heterocycles. The maximum Gasteiger partial charge on any atom is 0.337 e. The lowest BCUT2D eigenvalue weighted by Crippen LogP contribution is -2.02. The van der Waals surface area contributed by atoms with Crippen molar-refractivity contribution >= 4 is 38.9 Å². The van der Waals surface area contributed by atoms with E-state index in [-0.39, 0.29) is 11.3 Å². The number of hydrogen-bond acceptors (Lipinski definition) is 5. The SMILES string of the molecule is Nc1ccc2sc(-c3ccc(N)c(C(=O)O)c3)nc2c1. The summed E-state index contributed by atoms with van der Waals surface area (Å²) in [6.07, 6.45) is 0. The molecule has 0 saturated carbocycles. The fourth-order valence-electron chi connectivity index (χ4n) is 1.94. The van der Waals surface area contributed by atoms with Crippen molar-refractivity contribution in [2.45, 2.75) is 0 Å². The van der Waals surface area contributed by atoms with Crippen LogP contribution in [0.5, 0.6) is 0 Å². The van der Waals surface area contributed by atoms with E-state index in [9.17, 15) is 4.79 Å². The minimum absolute atomic E-state index is 0.0845. The number of nitrogens with two attached hydrogens (primary N) is 2. The molecule has 0 saturated heterocycles. The summed E-state index contributed by atoms with van der Waals surface area (Å²) in [5, 5.41) is 9.84. The number of carbonyl (C=O) groups is 1. The van der Waals surface area contributed by atoms with Crippen molar-refractivity contribution in [3.8, 4) is 10.6 Å². The lowest BCUT2D eigenvalue weighted by atomic mass is 10.1. The van der Waals surface area contributed by atoms with Crippen molar-refractivity contribution in [3.05, 3.63) is 42.0 Å². The first-order valence-electron chi connectivity index (χ1n) is 5.84. The maximum atomic E-state index is 11.1. The Morgan fingerprint density at radius 1 is 1.15 bits per heavy atom. The number of fused-ring (bicyclic) bond motifs is 1. The zero-order chi connectivity index (χ0) is 14.3. The molecule has 3 rings (SSSR count). The predicted octanol–water partition coefficient (Wildman–Crippen LogP) is 2.83. The summed E-state index contributed by atoms with van der Waals surface area (Å²) in [5.74, 6) is -1.05. The molecule has 0 spiro atoms.